The average molecular weight is 236 g/mol. The van der Waals surface area contributed by atoms with E-state index in [2.05, 4.69) is 18.1 Å². The van der Waals surface area contributed by atoms with E-state index >= 15 is 0 Å². The smallest absolute Gasteiger partial charge is 0.169 e. The van der Waals surface area contributed by atoms with E-state index in [-0.39, 0.29) is 5.82 Å². The molecule has 2 aromatic rings. The van der Waals surface area contributed by atoms with Gasteiger partial charge >= 0.3 is 0 Å². The van der Waals surface area contributed by atoms with Crippen molar-refractivity contribution < 1.29 is 4.39 Å². The number of thiophene rings is 1. The SMILES string of the molecule is Cc1cc2c(s1)CCCCn1ncc(F)c1-2. The first-order valence-electron chi connectivity index (χ1n) is 5.56. The van der Waals surface area contributed by atoms with E-state index in [1.54, 1.807) is 16.0 Å². The highest BCUT2D eigenvalue weighted by molar-refractivity contribution is 7.12. The molecule has 0 radical (unpaired) electrons. The molecule has 0 N–H and O–H groups in total. The summed E-state index contributed by atoms with van der Waals surface area (Å²) in [6.45, 7) is 2.90. The number of aryl methyl sites for hydroxylation is 3. The third-order valence-electron chi connectivity index (χ3n) is 3.01. The summed E-state index contributed by atoms with van der Waals surface area (Å²) in [7, 11) is 0. The molecule has 3 rings (SSSR count). The van der Waals surface area contributed by atoms with Gasteiger partial charge in [-0.05, 0) is 32.3 Å². The maximum atomic E-state index is 13.8. The standard InChI is InChI=1S/C12H13FN2S/c1-8-6-9-11(16-8)4-2-3-5-15-12(9)10(13)7-14-15/h6-7H,2-5H2,1H3. The fourth-order valence-corrected chi connectivity index (χ4v) is 3.37. The number of fused-ring (bicyclic) bond motifs is 3. The minimum absolute atomic E-state index is 0.194. The molecule has 3 heterocycles. The Bertz CT molecular complexity index is 527. The van der Waals surface area contributed by atoms with Gasteiger partial charge in [0.25, 0.3) is 0 Å². The van der Waals surface area contributed by atoms with E-state index in [0.29, 0.717) is 5.69 Å². The normalized spacial score (nSPS) is 15.1. The lowest BCUT2D eigenvalue weighted by Gasteiger charge is -2.12. The van der Waals surface area contributed by atoms with E-state index in [1.165, 1.54) is 16.0 Å². The third kappa shape index (κ3) is 1.48. The molecule has 0 atom stereocenters. The van der Waals surface area contributed by atoms with E-state index < -0.39 is 0 Å². The second-order valence-electron chi connectivity index (χ2n) is 4.22. The van der Waals surface area contributed by atoms with Gasteiger partial charge in [0.15, 0.2) is 5.82 Å². The second-order valence-corrected chi connectivity index (χ2v) is 5.56. The van der Waals surface area contributed by atoms with Crippen LogP contribution in [0.15, 0.2) is 12.3 Å². The summed E-state index contributed by atoms with van der Waals surface area (Å²) in [5.41, 5.74) is 1.73. The topological polar surface area (TPSA) is 17.8 Å². The van der Waals surface area contributed by atoms with Gasteiger partial charge < -0.3 is 0 Å². The minimum atomic E-state index is -0.194. The van der Waals surface area contributed by atoms with E-state index in [4.69, 9.17) is 0 Å². The molecule has 2 nitrogen and oxygen atoms in total. The van der Waals surface area contributed by atoms with Crippen LogP contribution in [0, 0.1) is 12.7 Å². The summed E-state index contributed by atoms with van der Waals surface area (Å²) in [4.78, 5) is 2.55. The van der Waals surface area contributed by atoms with Gasteiger partial charge in [-0.3, -0.25) is 4.68 Å². The van der Waals surface area contributed by atoms with E-state index in [9.17, 15) is 4.39 Å². The van der Waals surface area contributed by atoms with Crippen LogP contribution >= 0.6 is 11.3 Å². The van der Waals surface area contributed by atoms with Gasteiger partial charge in [-0.2, -0.15) is 5.10 Å². The second kappa shape index (κ2) is 3.70. The summed E-state index contributed by atoms with van der Waals surface area (Å²) >= 11 is 1.78. The molecule has 0 aliphatic carbocycles. The Labute approximate surface area is 97.7 Å². The number of rotatable bonds is 0. The van der Waals surface area contributed by atoms with Crippen molar-refractivity contribution >= 4 is 11.3 Å². The van der Waals surface area contributed by atoms with Gasteiger partial charge in [-0.25, -0.2) is 4.39 Å². The van der Waals surface area contributed by atoms with Crippen molar-refractivity contribution in [1.82, 2.24) is 9.78 Å². The highest BCUT2D eigenvalue weighted by Gasteiger charge is 2.20. The van der Waals surface area contributed by atoms with Crippen LogP contribution in [-0.4, -0.2) is 9.78 Å². The van der Waals surface area contributed by atoms with E-state index in [1.807, 2.05) is 0 Å². The molecule has 84 valence electrons. The first-order chi connectivity index (χ1) is 7.75. The van der Waals surface area contributed by atoms with Crippen LogP contribution in [0.5, 0.6) is 0 Å². The fraction of sp³-hybridized carbons (Fsp3) is 0.417. The maximum Gasteiger partial charge on any atom is 0.169 e. The summed E-state index contributed by atoms with van der Waals surface area (Å²) in [5.74, 6) is -0.194. The molecule has 0 amide bonds. The average Bonchev–Trinajstić information content (AvgIpc) is 2.74. The zero-order valence-corrected chi connectivity index (χ0v) is 9.98. The van der Waals surface area contributed by atoms with Crippen LogP contribution in [0.4, 0.5) is 4.39 Å². The molecule has 0 saturated carbocycles. The maximum absolute atomic E-state index is 13.8. The van der Waals surface area contributed by atoms with Crippen LogP contribution < -0.4 is 0 Å². The van der Waals surface area contributed by atoms with Gasteiger partial charge in [-0.1, -0.05) is 0 Å². The number of hydrogen-bond donors (Lipinski definition) is 0. The van der Waals surface area contributed by atoms with Gasteiger partial charge in [0.1, 0.15) is 5.69 Å². The fourth-order valence-electron chi connectivity index (χ4n) is 2.30. The molecule has 0 spiro atoms. The summed E-state index contributed by atoms with van der Waals surface area (Å²) in [5, 5.41) is 4.11. The lowest BCUT2D eigenvalue weighted by atomic mass is 10.1. The number of hydrogen-bond acceptors (Lipinski definition) is 2. The largest absolute Gasteiger partial charge is 0.262 e. The molecule has 0 aromatic carbocycles. The van der Waals surface area contributed by atoms with Crippen LogP contribution in [0.3, 0.4) is 0 Å². The third-order valence-corrected chi connectivity index (χ3v) is 4.12. The van der Waals surface area contributed by atoms with E-state index in [0.717, 1.165) is 31.4 Å². The van der Waals surface area contributed by atoms with Crippen LogP contribution in [0.1, 0.15) is 22.6 Å². The molecule has 4 heteroatoms. The van der Waals surface area contributed by atoms with Crippen molar-refractivity contribution in [2.75, 3.05) is 0 Å². The summed E-state index contributed by atoms with van der Waals surface area (Å²) < 4.78 is 15.6. The monoisotopic (exact) mass is 236 g/mol. The predicted octanol–water partition coefficient (Wildman–Crippen LogP) is 3.40. The van der Waals surface area contributed by atoms with Crippen LogP contribution in [-0.2, 0) is 13.0 Å². The molecule has 0 fully saturated rings. The summed E-state index contributed by atoms with van der Waals surface area (Å²) in [6, 6.07) is 2.09. The number of halogens is 1. The summed E-state index contributed by atoms with van der Waals surface area (Å²) in [6.07, 6.45) is 4.63. The van der Waals surface area contributed by atoms with Crippen molar-refractivity contribution in [2.45, 2.75) is 32.7 Å². The van der Waals surface area contributed by atoms with Crippen LogP contribution in [0.2, 0.25) is 0 Å². The van der Waals surface area contributed by atoms with Crippen molar-refractivity contribution in [2.24, 2.45) is 0 Å². The Hall–Kier alpha value is -1.16. The van der Waals surface area contributed by atoms with Gasteiger partial charge in [0.2, 0.25) is 0 Å². The van der Waals surface area contributed by atoms with Gasteiger partial charge in [0, 0.05) is 21.9 Å². The minimum Gasteiger partial charge on any atom is -0.262 e. The lowest BCUT2D eigenvalue weighted by Crippen LogP contribution is -2.06. The van der Waals surface area contributed by atoms with Gasteiger partial charge in [-0.15, -0.1) is 11.3 Å². The van der Waals surface area contributed by atoms with Crippen molar-refractivity contribution in [3.63, 3.8) is 0 Å². The zero-order chi connectivity index (χ0) is 11.1. The molecule has 1 aliphatic rings. The molecule has 2 aromatic heterocycles. The Balaban J connectivity index is 2.24. The van der Waals surface area contributed by atoms with Crippen molar-refractivity contribution in [3.05, 3.63) is 27.8 Å². The van der Waals surface area contributed by atoms with Crippen molar-refractivity contribution in [3.8, 4) is 11.3 Å². The molecule has 0 saturated heterocycles. The lowest BCUT2D eigenvalue weighted by molar-refractivity contribution is 0.552. The predicted molar refractivity (Wildman–Crippen MR) is 63.2 cm³/mol. The van der Waals surface area contributed by atoms with Crippen LogP contribution in [0.25, 0.3) is 11.3 Å². The Kier molecular flexibility index (Phi) is 2.32. The molecular formula is C12H13FN2S. The number of aromatic nitrogens is 2. The first kappa shape index (κ1) is 10.0. The molecule has 1 aliphatic heterocycles. The first-order valence-corrected chi connectivity index (χ1v) is 6.38. The Morgan fingerprint density at radius 1 is 1.44 bits per heavy atom. The molecule has 0 bridgehead atoms. The van der Waals surface area contributed by atoms with Gasteiger partial charge in [0.05, 0.1) is 6.20 Å². The Morgan fingerprint density at radius 3 is 3.19 bits per heavy atom. The zero-order valence-electron chi connectivity index (χ0n) is 9.16. The Morgan fingerprint density at radius 2 is 2.31 bits per heavy atom. The highest BCUT2D eigenvalue weighted by Crippen LogP contribution is 2.35. The molecule has 0 unspecified atom stereocenters. The number of nitrogens with zero attached hydrogens (tertiary/aromatic N) is 2. The molecule has 16 heavy (non-hydrogen) atoms. The van der Waals surface area contributed by atoms with Crippen molar-refractivity contribution in [1.29, 1.82) is 0 Å². The molecular weight excluding hydrogens is 223 g/mol. The highest BCUT2D eigenvalue weighted by atomic mass is 32.1. The quantitative estimate of drug-likeness (QED) is 0.685.